The SMILES string of the molecule is CCO[C@H]1C=C(C2=CC[C@H](F)CC2)[C@@H](C2CC2)CC1CN1CCC(NCCC2=C(C=O)C[C@H](C(=O)O)[C@H](C)N2)CC1. The summed E-state index contributed by atoms with van der Waals surface area (Å²) in [5, 5.41) is 16.4. The fourth-order valence-electron chi connectivity index (χ4n) is 7.64. The summed E-state index contributed by atoms with van der Waals surface area (Å²) in [5.41, 5.74) is 4.35. The third-order valence-electron chi connectivity index (χ3n) is 10.2. The molecule has 41 heavy (non-hydrogen) atoms. The maximum absolute atomic E-state index is 13.8. The van der Waals surface area contributed by atoms with E-state index >= 15 is 0 Å². The van der Waals surface area contributed by atoms with Gasteiger partial charge in [-0.3, -0.25) is 9.59 Å². The second-order valence-electron chi connectivity index (χ2n) is 13.1. The van der Waals surface area contributed by atoms with Crippen LogP contribution in [0.3, 0.4) is 0 Å². The number of carbonyl (C=O) groups excluding carboxylic acids is 1. The molecule has 8 heteroatoms. The van der Waals surface area contributed by atoms with Crippen molar-refractivity contribution in [1.29, 1.82) is 0 Å². The van der Waals surface area contributed by atoms with Gasteiger partial charge >= 0.3 is 5.97 Å². The molecule has 1 saturated carbocycles. The Morgan fingerprint density at radius 1 is 1.24 bits per heavy atom. The molecule has 1 unspecified atom stereocenters. The molecule has 0 spiro atoms. The standard InChI is InChI=1S/C33H50FN3O4/c1-3-41-32-18-30(23-6-8-26(34)9-7-23)29(22-4-5-22)16-24(32)19-37-14-11-27(12-15-37)35-13-10-31-25(20-38)17-28(33(39)40)21(2)36-31/h6,18,20-22,24,26-29,32,35-36H,3-5,7-17,19H2,1-2H3,(H,39,40)/t21-,24?,26-,28-,29+,32-/m0/s1. The minimum Gasteiger partial charge on any atom is -0.481 e. The quantitative estimate of drug-likeness (QED) is 0.290. The van der Waals surface area contributed by atoms with Gasteiger partial charge < -0.3 is 25.4 Å². The highest BCUT2D eigenvalue weighted by molar-refractivity contribution is 5.79. The molecule has 7 nitrogen and oxygen atoms in total. The summed E-state index contributed by atoms with van der Waals surface area (Å²) < 4.78 is 20.2. The molecule has 2 fully saturated rings. The lowest BCUT2D eigenvalue weighted by Gasteiger charge is -2.41. The molecule has 0 aromatic rings. The number of piperidine rings is 1. The number of aldehydes is 1. The van der Waals surface area contributed by atoms with E-state index in [1.54, 1.807) is 0 Å². The van der Waals surface area contributed by atoms with Gasteiger partial charge in [-0.2, -0.15) is 0 Å². The van der Waals surface area contributed by atoms with Crippen molar-refractivity contribution in [3.8, 4) is 0 Å². The molecular weight excluding hydrogens is 521 g/mol. The zero-order valence-corrected chi connectivity index (χ0v) is 25.0. The minimum atomic E-state index is -0.855. The highest BCUT2D eigenvalue weighted by Gasteiger charge is 2.42. The summed E-state index contributed by atoms with van der Waals surface area (Å²) >= 11 is 0. The van der Waals surface area contributed by atoms with E-state index in [1.165, 1.54) is 30.4 Å². The maximum Gasteiger partial charge on any atom is 0.308 e. The Hall–Kier alpha value is -2.03. The van der Waals surface area contributed by atoms with Crippen LogP contribution in [0.2, 0.25) is 0 Å². The van der Waals surface area contributed by atoms with Crippen LogP contribution in [0.15, 0.2) is 34.6 Å². The van der Waals surface area contributed by atoms with Gasteiger partial charge in [0.1, 0.15) is 12.5 Å². The number of carboxylic acid groups (broad SMARTS) is 1. The molecule has 0 aromatic carbocycles. The van der Waals surface area contributed by atoms with E-state index in [0.717, 1.165) is 63.3 Å². The van der Waals surface area contributed by atoms with Crippen LogP contribution >= 0.6 is 0 Å². The molecule has 6 atom stereocenters. The van der Waals surface area contributed by atoms with Crippen LogP contribution in [0.4, 0.5) is 4.39 Å². The summed E-state index contributed by atoms with van der Waals surface area (Å²) in [4.78, 5) is 25.7. The molecule has 0 bridgehead atoms. The number of carboxylic acids is 1. The lowest BCUT2D eigenvalue weighted by atomic mass is 9.72. The van der Waals surface area contributed by atoms with Crippen molar-refractivity contribution in [2.45, 2.75) is 102 Å². The Bertz CT molecular complexity index is 1030. The molecule has 2 aliphatic heterocycles. The Morgan fingerprint density at radius 3 is 2.66 bits per heavy atom. The van der Waals surface area contributed by atoms with Crippen molar-refractivity contribution in [3.05, 3.63) is 34.6 Å². The fourth-order valence-corrected chi connectivity index (χ4v) is 7.64. The lowest BCUT2D eigenvalue weighted by molar-refractivity contribution is -0.142. The largest absolute Gasteiger partial charge is 0.481 e. The van der Waals surface area contributed by atoms with Crippen LogP contribution in [-0.2, 0) is 14.3 Å². The molecule has 0 amide bonds. The van der Waals surface area contributed by atoms with Crippen LogP contribution < -0.4 is 10.6 Å². The first-order valence-corrected chi connectivity index (χ1v) is 16.1. The molecule has 0 radical (unpaired) electrons. The van der Waals surface area contributed by atoms with Gasteiger partial charge in [0.2, 0.25) is 0 Å². The molecule has 5 rings (SSSR count). The predicted molar refractivity (Wildman–Crippen MR) is 158 cm³/mol. The Balaban J connectivity index is 1.12. The van der Waals surface area contributed by atoms with Gasteiger partial charge in [0.25, 0.3) is 0 Å². The fraction of sp³-hybridized carbons (Fsp3) is 0.758. The number of allylic oxidation sites excluding steroid dienone is 4. The van der Waals surface area contributed by atoms with Gasteiger partial charge in [0, 0.05) is 55.4 Å². The molecule has 3 aliphatic carbocycles. The predicted octanol–water partition coefficient (Wildman–Crippen LogP) is 4.79. The normalized spacial score (nSPS) is 33.6. The van der Waals surface area contributed by atoms with Crippen molar-refractivity contribution in [1.82, 2.24) is 15.5 Å². The zero-order valence-electron chi connectivity index (χ0n) is 25.0. The molecule has 3 N–H and O–H groups in total. The van der Waals surface area contributed by atoms with Crippen molar-refractivity contribution >= 4 is 12.3 Å². The molecule has 1 saturated heterocycles. The Kier molecular flexibility index (Phi) is 10.4. The first kappa shape index (κ1) is 30.4. The van der Waals surface area contributed by atoms with Gasteiger partial charge in [0.15, 0.2) is 0 Å². The number of carbonyl (C=O) groups is 2. The van der Waals surface area contributed by atoms with E-state index in [1.807, 2.05) is 6.92 Å². The molecule has 0 aromatic heterocycles. The summed E-state index contributed by atoms with van der Waals surface area (Å²) in [6, 6.07) is 0.277. The van der Waals surface area contributed by atoms with Crippen LogP contribution in [0.1, 0.15) is 78.1 Å². The summed E-state index contributed by atoms with van der Waals surface area (Å²) in [6.07, 6.45) is 14.0. The number of halogens is 1. The van der Waals surface area contributed by atoms with E-state index in [9.17, 15) is 19.1 Å². The molecule has 2 heterocycles. The van der Waals surface area contributed by atoms with Crippen molar-refractivity contribution in [2.24, 2.45) is 23.7 Å². The smallest absolute Gasteiger partial charge is 0.308 e. The van der Waals surface area contributed by atoms with Gasteiger partial charge in [-0.05, 0) is 108 Å². The zero-order chi connectivity index (χ0) is 28.9. The van der Waals surface area contributed by atoms with E-state index < -0.39 is 18.1 Å². The van der Waals surface area contributed by atoms with Crippen LogP contribution in [0, 0.1) is 23.7 Å². The van der Waals surface area contributed by atoms with Crippen molar-refractivity contribution < 1.29 is 23.8 Å². The Morgan fingerprint density at radius 2 is 2.02 bits per heavy atom. The molecular formula is C33H50FN3O4. The van der Waals surface area contributed by atoms with E-state index in [2.05, 4.69) is 34.6 Å². The van der Waals surface area contributed by atoms with Gasteiger partial charge in [-0.1, -0.05) is 12.2 Å². The summed E-state index contributed by atoms with van der Waals surface area (Å²) in [6.45, 7) is 8.66. The third-order valence-corrected chi connectivity index (χ3v) is 10.2. The topological polar surface area (TPSA) is 90.9 Å². The minimum absolute atomic E-state index is 0.135. The summed E-state index contributed by atoms with van der Waals surface area (Å²) in [7, 11) is 0. The second-order valence-corrected chi connectivity index (χ2v) is 13.1. The van der Waals surface area contributed by atoms with Crippen LogP contribution in [0.25, 0.3) is 0 Å². The van der Waals surface area contributed by atoms with Gasteiger partial charge in [0.05, 0.1) is 12.0 Å². The number of rotatable bonds is 12. The third kappa shape index (κ3) is 7.68. The number of likely N-dealkylation sites (tertiary alicyclic amines) is 1. The van der Waals surface area contributed by atoms with Crippen molar-refractivity contribution in [2.75, 3.05) is 32.8 Å². The Labute approximate surface area is 245 Å². The maximum atomic E-state index is 13.8. The number of hydrogen-bond donors (Lipinski definition) is 3. The number of ether oxygens (including phenoxy) is 1. The first-order chi connectivity index (χ1) is 19.9. The average molecular weight is 572 g/mol. The monoisotopic (exact) mass is 571 g/mol. The summed E-state index contributed by atoms with van der Waals surface area (Å²) in [5.74, 6) is 0.474. The highest BCUT2D eigenvalue weighted by atomic mass is 19.1. The molecule has 5 aliphatic rings. The number of hydrogen-bond acceptors (Lipinski definition) is 6. The van der Waals surface area contributed by atoms with Gasteiger partial charge in [-0.15, -0.1) is 0 Å². The van der Waals surface area contributed by atoms with Crippen molar-refractivity contribution in [3.63, 3.8) is 0 Å². The van der Waals surface area contributed by atoms with E-state index in [-0.39, 0.29) is 12.1 Å². The second kappa shape index (κ2) is 14.0. The number of aliphatic carboxylic acids is 1. The van der Waals surface area contributed by atoms with Gasteiger partial charge in [-0.25, -0.2) is 4.39 Å². The van der Waals surface area contributed by atoms with Crippen LogP contribution in [0.5, 0.6) is 0 Å². The number of alkyl halides is 1. The number of nitrogens with one attached hydrogen (secondary N) is 2. The molecule has 228 valence electrons. The highest BCUT2D eigenvalue weighted by Crippen LogP contribution is 2.50. The van der Waals surface area contributed by atoms with Crippen LogP contribution in [-0.4, -0.2) is 79.4 Å². The average Bonchev–Trinajstić information content (AvgIpc) is 3.81. The lowest BCUT2D eigenvalue weighted by Crippen LogP contribution is -2.47. The first-order valence-electron chi connectivity index (χ1n) is 16.1. The number of nitrogens with zero attached hydrogens (tertiary/aromatic N) is 1. The van der Waals surface area contributed by atoms with E-state index in [0.29, 0.717) is 55.7 Å². The van der Waals surface area contributed by atoms with E-state index in [4.69, 9.17) is 4.74 Å².